The number of nitrogens with one attached hydrogen (secondary N) is 1. The van der Waals surface area contributed by atoms with Crippen molar-refractivity contribution >= 4 is 21.6 Å². The SMILES string of the molecule is CN(CC(=O)Nc1cnn(C2CCOCC2)c1)S(C)(=O)=O. The number of likely N-dealkylation sites (N-methyl/N-ethyl adjacent to an activating group) is 1. The van der Waals surface area contributed by atoms with Gasteiger partial charge in [-0.3, -0.25) is 9.48 Å². The predicted molar refractivity (Wildman–Crippen MR) is 77.4 cm³/mol. The average Bonchev–Trinajstić information content (AvgIpc) is 2.87. The number of aromatic nitrogens is 2. The number of hydrogen-bond donors (Lipinski definition) is 1. The third kappa shape index (κ3) is 4.51. The lowest BCUT2D eigenvalue weighted by molar-refractivity contribution is -0.116. The fourth-order valence-corrected chi connectivity index (χ4v) is 2.42. The second kappa shape index (κ2) is 6.54. The fraction of sp³-hybridized carbons (Fsp3) is 0.667. The van der Waals surface area contributed by atoms with Crippen LogP contribution in [0, 0.1) is 0 Å². The van der Waals surface area contributed by atoms with Crippen molar-refractivity contribution in [1.29, 1.82) is 0 Å². The van der Waals surface area contributed by atoms with E-state index in [-0.39, 0.29) is 12.6 Å². The van der Waals surface area contributed by atoms with Crippen LogP contribution in [0.1, 0.15) is 18.9 Å². The van der Waals surface area contributed by atoms with Gasteiger partial charge in [0.25, 0.3) is 0 Å². The van der Waals surface area contributed by atoms with Gasteiger partial charge in [-0.1, -0.05) is 0 Å². The molecule has 0 aromatic carbocycles. The summed E-state index contributed by atoms with van der Waals surface area (Å²) >= 11 is 0. The van der Waals surface area contributed by atoms with Crippen molar-refractivity contribution < 1.29 is 17.9 Å². The smallest absolute Gasteiger partial charge is 0.239 e. The van der Waals surface area contributed by atoms with Crippen LogP contribution in [0.15, 0.2) is 12.4 Å². The first kappa shape index (κ1) is 15.9. The molecule has 9 heteroatoms. The minimum atomic E-state index is -3.36. The summed E-state index contributed by atoms with van der Waals surface area (Å²) < 4.78 is 30.6. The Labute approximate surface area is 124 Å². The predicted octanol–water partition coefficient (Wildman–Crippen LogP) is 0.0645. The molecule has 1 saturated heterocycles. The summed E-state index contributed by atoms with van der Waals surface area (Å²) in [5.41, 5.74) is 0.563. The quantitative estimate of drug-likeness (QED) is 0.829. The number of rotatable bonds is 5. The maximum absolute atomic E-state index is 11.8. The fourth-order valence-electron chi connectivity index (χ4n) is 2.07. The van der Waals surface area contributed by atoms with E-state index >= 15 is 0 Å². The molecule has 1 aliphatic heterocycles. The van der Waals surface area contributed by atoms with Crippen LogP contribution < -0.4 is 5.32 Å². The minimum absolute atomic E-state index is 0.221. The first-order valence-corrected chi connectivity index (χ1v) is 8.54. The highest BCUT2D eigenvalue weighted by Gasteiger charge is 2.18. The highest BCUT2D eigenvalue weighted by molar-refractivity contribution is 7.88. The highest BCUT2D eigenvalue weighted by atomic mass is 32.2. The molecular formula is C12H20N4O4S. The minimum Gasteiger partial charge on any atom is -0.381 e. The second-order valence-corrected chi connectivity index (χ2v) is 7.21. The maximum Gasteiger partial charge on any atom is 0.239 e. The number of hydrogen-bond acceptors (Lipinski definition) is 5. The molecule has 0 radical (unpaired) electrons. The Morgan fingerprint density at radius 3 is 2.81 bits per heavy atom. The van der Waals surface area contributed by atoms with Crippen molar-refractivity contribution in [1.82, 2.24) is 14.1 Å². The van der Waals surface area contributed by atoms with Gasteiger partial charge in [0.2, 0.25) is 15.9 Å². The van der Waals surface area contributed by atoms with Crippen LogP contribution in [0.4, 0.5) is 5.69 Å². The second-order valence-electron chi connectivity index (χ2n) is 5.12. The molecule has 0 atom stereocenters. The van der Waals surface area contributed by atoms with E-state index in [1.54, 1.807) is 12.4 Å². The number of carbonyl (C=O) groups excluding carboxylic acids is 1. The van der Waals surface area contributed by atoms with Gasteiger partial charge < -0.3 is 10.1 Å². The van der Waals surface area contributed by atoms with Gasteiger partial charge in [0, 0.05) is 26.5 Å². The van der Waals surface area contributed by atoms with Crippen LogP contribution in [-0.4, -0.2) is 61.5 Å². The normalized spacial score (nSPS) is 17.1. The third-order valence-electron chi connectivity index (χ3n) is 3.38. The number of carbonyl (C=O) groups is 1. The summed E-state index contributed by atoms with van der Waals surface area (Å²) in [6.07, 6.45) is 6.17. The number of nitrogens with zero attached hydrogens (tertiary/aromatic N) is 3. The van der Waals surface area contributed by atoms with Crippen molar-refractivity contribution in [2.75, 3.05) is 38.4 Å². The molecule has 1 fully saturated rings. The van der Waals surface area contributed by atoms with E-state index in [1.807, 2.05) is 4.68 Å². The van der Waals surface area contributed by atoms with E-state index in [2.05, 4.69) is 10.4 Å². The van der Waals surface area contributed by atoms with Gasteiger partial charge in [0.05, 0.1) is 30.7 Å². The molecular weight excluding hydrogens is 296 g/mol. The number of sulfonamides is 1. The summed E-state index contributed by atoms with van der Waals surface area (Å²) in [6, 6.07) is 0.281. The summed E-state index contributed by atoms with van der Waals surface area (Å²) in [5.74, 6) is -0.394. The molecule has 1 aromatic heterocycles. The van der Waals surface area contributed by atoms with Gasteiger partial charge in [-0.2, -0.15) is 9.40 Å². The zero-order valence-electron chi connectivity index (χ0n) is 12.2. The summed E-state index contributed by atoms with van der Waals surface area (Å²) in [4.78, 5) is 11.8. The van der Waals surface area contributed by atoms with Crippen LogP contribution in [0.25, 0.3) is 0 Å². The molecule has 1 aromatic rings. The molecule has 0 spiro atoms. The van der Waals surface area contributed by atoms with Crippen molar-refractivity contribution in [3.8, 4) is 0 Å². The van der Waals surface area contributed by atoms with E-state index in [9.17, 15) is 13.2 Å². The molecule has 1 aliphatic rings. The number of ether oxygens (including phenoxy) is 1. The molecule has 0 saturated carbocycles. The zero-order valence-corrected chi connectivity index (χ0v) is 13.0. The van der Waals surface area contributed by atoms with Crippen LogP contribution >= 0.6 is 0 Å². The molecule has 0 unspecified atom stereocenters. The van der Waals surface area contributed by atoms with Crippen LogP contribution in [0.2, 0.25) is 0 Å². The van der Waals surface area contributed by atoms with Crippen molar-refractivity contribution in [2.24, 2.45) is 0 Å². The molecule has 0 bridgehead atoms. The number of amides is 1. The Balaban J connectivity index is 1.91. The Kier molecular flexibility index (Phi) is 4.96. The molecule has 1 N–H and O–H groups in total. The standard InChI is InChI=1S/C12H20N4O4S/c1-15(21(2,18)19)9-12(17)14-10-7-13-16(8-10)11-3-5-20-6-4-11/h7-8,11H,3-6,9H2,1-2H3,(H,14,17). The van der Waals surface area contributed by atoms with E-state index in [0.29, 0.717) is 18.9 Å². The first-order chi connectivity index (χ1) is 9.86. The van der Waals surface area contributed by atoms with E-state index < -0.39 is 15.9 Å². The Bertz CT molecular complexity index is 592. The molecule has 8 nitrogen and oxygen atoms in total. The monoisotopic (exact) mass is 316 g/mol. The molecule has 21 heavy (non-hydrogen) atoms. The van der Waals surface area contributed by atoms with E-state index in [0.717, 1.165) is 23.4 Å². The summed E-state index contributed by atoms with van der Waals surface area (Å²) in [6.45, 7) is 1.21. The highest BCUT2D eigenvalue weighted by Crippen LogP contribution is 2.21. The Morgan fingerprint density at radius 1 is 1.52 bits per heavy atom. The van der Waals surface area contributed by atoms with Gasteiger partial charge in [-0.15, -0.1) is 0 Å². The lowest BCUT2D eigenvalue weighted by atomic mass is 10.1. The van der Waals surface area contributed by atoms with Crippen molar-refractivity contribution in [3.63, 3.8) is 0 Å². The molecule has 1 amide bonds. The average molecular weight is 316 g/mol. The van der Waals surface area contributed by atoms with Gasteiger partial charge in [-0.05, 0) is 12.8 Å². The number of anilines is 1. The Morgan fingerprint density at radius 2 is 2.19 bits per heavy atom. The maximum atomic E-state index is 11.8. The molecule has 2 rings (SSSR count). The molecule has 2 heterocycles. The summed E-state index contributed by atoms with van der Waals surface area (Å²) in [5, 5.41) is 6.88. The van der Waals surface area contributed by atoms with E-state index in [1.165, 1.54) is 7.05 Å². The molecule has 0 aliphatic carbocycles. The van der Waals surface area contributed by atoms with Crippen molar-refractivity contribution in [3.05, 3.63) is 12.4 Å². The van der Waals surface area contributed by atoms with Gasteiger partial charge in [-0.25, -0.2) is 8.42 Å². The lowest BCUT2D eigenvalue weighted by Gasteiger charge is -2.22. The van der Waals surface area contributed by atoms with Gasteiger partial charge in [0.15, 0.2) is 0 Å². The first-order valence-electron chi connectivity index (χ1n) is 6.69. The topological polar surface area (TPSA) is 93.5 Å². The lowest BCUT2D eigenvalue weighted by Crippen LogP contribution is -2.34. The van der Waals surface area contributed by atoms with Gasteiger partial charge >= 0.3 is 0 Å². The van der Waals surface area contributed by atoms with Crippen LogP contribution in [0.5, 0.6) is 0 Å². The zero-order chi connectivity index (χ0) is 15.5. The Hall–Kier alpha value is -1.45. The van der Waals surface area contributed by atoms with Crippen molar-refractivity contribution in [2.45, 2.75) is 18.9 Å². The van der Waals surface area contributed by atoms with Gasteiger partial charge in [0.1, 0.15) is 0 Å². The molecule has 118 valence electrons. The largest absolute Gasteiger partial charge is 0.381 e. The summed E-state index contributed by atoms with van der Waals surface area (Å²) in [7, 11) is -2.00. The third-order valence-corrected chi connectivity index (χ3v) is 4.64. The van der Waals surface area contributed by atoms with Crippen LogP contribution in [-0.2, 0) is 19.6 Å². The van der Waals surface area contributed by atoms with E-state index in [4.69, 9.17) is 4.74 Å². The van der Waals surface area contributed by atoms with Crippen LogP contribution in [0.3, 0.4) is 0 Å².